The van der Waals surface area contributed by atoms with Gasteiger partial charge in [-0.3, -0.25) is 0 Å². The number of rotatable bonds is 3. The van der Waals surface area contributed by atoms with Gasteiger partial charge < -0.3 is 5.11 Å². The molecule has 0 fully saturated rings. The van der Waals surface area contributed by atoms with Gasteiger partial charge in [-0.25, -0.2) is 9.18 Å². The molecule has 0 spiro atoms. The molecule has 0 aromatic carbocycles. The van der Waals surface area contributed by atoms with Crippen LogP contribution >= 0.6 is 0 Å². The van der Waals surface area contributed by atoms with Crippen molar-refractivity contribution in [1.29, 1.82) is 0 Å². The Bertz CT molecular complexity index is 199. The topological polar surface area (TPSA) is 37.3 Å². The fraction of sp³-hybridized carbons (Fsp3) is 0.857. The summed E-state index contributed by atoms with van der Waals surface area (Å²) in [6.45, 7) is 2.64. The molecule has 0 aliphatic carbocycles. The number of aliphatic carboxylic acids is 1. The van der Waals surface area contributed by atoms with Crippen molar-refractivity contribution >= 4 is 5.97 Å². The molecule has 1 unspecified atom stereocenters. The maximum Gasteiger partial charge on any atom is 0.433 e. The van der Waals surface area contributed by atoms with Crippen molar-refractivity contribution < 1.29 is 27.5 Å². The summed E-state index contributed by atoms with van der Waals surface area (Å²) >= 11 is 0. The van der Waals surface area contributed by atoms with Gasteiger partial charge in [-0.1, -0.05) is 13.8 Å². The molecular weight excluding hydrogens is 192 g/mol. The minimum atomic E-state index is -5.36. The molecular formula is C7H10F4O2. The Morgan fingerprint density at radius 2 is 1.69 bits per heavy atom. The van der Waals surface area contributed by atoms with E-state index in [0.717, 1.165) is 0 Å². The van der Waals surface area contributed by atoms with E-state index in [0.29, 0.717) is 0 Å². The summed E-state index contributed by atoms with van der Waals surface area (Å²) in [6.07, 6.45) is -6.42. The first-order valence-corrected chi connectivity index (χ1v) is 3.60. The molecule has 0 saturated heterocycles. The molecule has 0 aromatic heterocycles. The molecule has 0 aliphatic heterocycles. The van der Waals surface area contributed by atoms with E-state index in [4.69, 9.17) is 5.11 Å². The number of carboxylic acids is 1. The van der Waals surface area contributed by atoms with Crippen LogP contribution in [0.1, 0.15) is 20.3 Å². The summed E-state index contributed by atoms with van der Waals surface area (Å²) in [5.41, 5.74) is -4.12. The number of hydrogen-bond donors (Lipinski definition) is 1. The van der Waals surface area contributed by atoms with Crippen molar-refractivity contribution in [1.82, 2.24) is 0 Å². The highest BCUT2D eigenvalue weighted by Crippen LogP contribution is 2.38. The lowest BCUT2D eigenvalue weighted by Crippen LogP contribution is -2.49. The molecule has 0 heterocycles. The van der Waals surface area contributed by atoms with E-state index in [1.165, 1.54) is 13.8 Å². The molecule has 0 rings (SSSR count). The molecule has 0 bridgehead atoms. The maximum absolute atomic E-state index is 12.9. The maximum atomic E-state index is 12.9. The summed E-state index contributed by atoms with van der Waals surface area (Å²) in [6, 6.07) is 0. The van der Waals surface area contributed by atoms with Crippen LogP contribution in [0.25, 0.3) is 0 Å². The molecule has 0 aromatic rings. The van der Waals surface area contributed by atoms with Gasteiger partial charge in [-0.15, -0.1) is 0 Å². The van der Waals surface area contributed by atoms with Crippen LogP contribution in [0.2, 0.25) is 0 Å². The highest BCUT2D eigenvalue weighted by atomic mass is 19.4. The van der Waals surface area contributed by atoms with Crippen molar-refractivity contribution in [3.05, 3.63) is 0 Å². The Kier molecular flexibility index (Phi) is 3.29. The van der Waals surface area contributed by atoms with Gasteiger partial charge in [0.25, 0.3) is 0 Å². The molecule has 0 radical (unpaired) electrons. The summed E-state index contributed by atoms with van der Waals surface area (Å²) in [5.74, 6) is -3.16. The zero-order valence-corrected chi connectivity index (χ0v) is 7.15. The second kappa shape index (κ2) is 3.51. The SMILES string of the molecule is CC(C)CC(F)(C(=O)O)C(F)(F)F. The number of hydrogen-bond acceptors (Lipinski definition) is 1. The van der Waals surface area contributed by atoms with Crippen molar-refractivity contribution in [3.8, 4) is 0 Å². The smallest absolute Gasteiger partial charge is 0.433 e. The van der Waals surface area contributed by atoms with Crippen LogP contribution in [0.3, 0.4) is 0 Å². The van der Waals surface area contributed by atoms with Gasteiger partial charge >= 0.3 is 17.8 Å². The minimum absolute atomic E-state index is 0.678. The molecule has 0 amide bonds. The number of alkyl halides is 4. The van der Waals surface area contributed by atoms with Gasteiger partial charge in [-0.05, 0) is 5.92 Å². The lowest BCUT2D eigenvalue weighted by molar-refractivity contribution is -0.240. The standard InChI is InChI=1S/C7H10F4O2/c1-4(2)3-6(8,5(12)13)7(9,10)11/h4H,3H2,1-2H3,(H,12,13). The van der Waals surface area contributed by atoms with E-state index in [-0.39, 0.29) is 0 Å². The van der Waals surface area contributed by atoms with E-state index >= 15 is 0 Å². The third-order valence-corrected chi connectivity index (χ3v) is 1.48. The first kappa shape index (κ1) is 12.2. The van der Waals surface area contributed by atoms with E-state index in [9.17, 15) is 22.4 Å². The Balaban J connectivity index is 4.85. The molecule has 78 valence electrons. The molecule has 1 atom stereocenters. The van der Waals surface area contributed by atoms with Crippen LogP contribution in [0.5, 0.6) is 0 Å². The van der Waals surface area contributed by atoms with Crippen molar-refractivity contribution in [3.63, 3.8) is 0 Å². The molecule has 13 heavy (non-hydrogen) atoms. The van der Waals surface area contributed by atoms with Gasteiger partial charge in [0.15, 0.2) is 0 Å². The van der Waals surface area contributed by atoms with Gasteiger partial charge in [0.1, 0.15) is 0 Å². The second-order valence-corrected chi connectivity index (χ2v) is 3.20. The van der Waals surface area contributed by atoms with Crippen molar-refractivity contribution in [2.45, 2.75) is 32.1 Å². The zero-order chi connectivity index (χ0) is 10.9. The van der Waals surface area contributed by atoms with Crippen LogP contribution in [-0.4, -0.2) is 22.9 Å². The van der Waals surface area contributed by atoms with Crippen LogP contribution in [0.4, 0.5) is 17.6 Å². The largest absolute Gasteiger partial charge is 0.479 e. The van der Waals surface area contributed by atoms with Crippen LogP contribution in [0, 0.1) is 5.92 Å². The van der Waals surface area contributed by atoms with Gasteiger partial charge in [-0.2, -0.15) is 13.2 Å². The molecule has 0 saturated carbocycles. The Morgan fingerprint density at radius 1 is 1.31 bits per heavy atom. The number of carbonyl (C=O) groups is 1. The van der Waals surface area contributed by atoms with Gasteiger partial charge in [0.2, 0.25) is 0 Å². The molecule has 1 N–H and O–H groups in total. The number of halogens is 4. The minimum Gasteiger partial charge on any atom is -0.479 e. The summed E-state index contributed by atoms with van der Waals surface area (Å²) in [7, 11) is 0. The highest BCUT2D eigenvalue weighted by Gasteiger charge is 2.62. The average Bonchev–Trinajstić information content (AvgIpc) is 1.82. The van der Waals surface area contributed by atoms with Crippen molar-refractivity contribution in [2.24, 2.45) is 5.92 Å². The molecule has 2 nitrogen and oxygen atoms in total. The normalized spacial score (nSPS) is 17.2. The average molecular weight is 202 g/mol. The van der Waals surface area contributed by atoms with Gasteiger partial charge in [0, 0.05) is 6.42 Å². The predicted octanol–water partition coefficient (Wildman–Crippen LogP) is 2.39. The highest BCUT2D eigenvalue weighted by molar-refractivity contribution is 5.78. The summed E-state index contributed by atoms with van der Waals surface area (Å²) < 4.78 is 48.8. The lowest BCUT2D eigenvalue weighted by Gasteiger charge is -2.24. The monoisotopic (exact) mass is 202 g/mol. The third kappa shape index (κ3) is 2.57. The van der Waals surface area contributed by atoms with E-state index in [1.54, 1.807) is 0 Å². The Morgan fingerprint density at radius 3 is 1.77 bits per heavy atom. The fourth-order valence-electron chi connectivity index (χ4n) is 0.887. The summed E-state index contributed by atoms with van der Waals surface area (Å²) in [4.78, 5) is 10.1. The van der Waals surface area contributed by atoms with Gasteiger partial charge in [0.05, 0.1) is 0 Å². The second-order valence-electron chi connectivity index (χ2n) is 3.20. The quantitative estimate of drug-likeness (QED) is 0.713. The van der Waals surface area contributed by atoms with Crippen LogP contribution in [-0.2, 0) is 4.79 Å². The Hall–Kier alpha value is -0.810. The lowest BCUT2D eigenvalue weighted by atomic mass is 9.94. The van der Waals surface area contributed by atoms with E-state index < -0.39 is 30.2 Å². The summed E-state index contributed by atoms with van der Waals surface area (Å²) in [5, 5.41) is 8.12. The third-order valence-electron chi connectivity index (χ3n) is 1.48. The molecule has 0 aliphatic rings. The fourth-order valence-corrected chi connectivity index (χ4v) is 0.887. The van der Waals surface area contributed by atoms with E-state index in [1.807, 2.05) is 0 Å². The predicted molar refractivity (Wildman–Crippen MR) is 37.0 cm³/mol. The first-order valence-electron chi connectivity index (χ1n) is 3.60. The Labute approximate surface area is 72.5 Å². The first-order chi connectivity index (χ1) is 5.61. The zero-order valence-electron chi connectivity index (χ0n) is 7.15. The van der Waals surface area contributed by atoms with E-state index in [2.05, 4.69) is 0 Å². The van der Waals surface area contributed by atoms with Crippen LogP contribution < -0.4 is 0 Å². The number of carboxylic acid groups (broad SMARTS) is 1. The van der Waals surface area contributed by atoms with Crippen molar-refractivity contribution in [2.75, 3.05) is 0 Å². The van der Waals surface area contributed by atoms with Crippen LogP contribution in [0.15, 0.2) is 0 Å². The molecule has 6 heteroatoms.